The maximum absolute atomic E-state index is 14.9. The van der Waals surface area contributed by atoms with Gasteiger partial charge in [0.15, 0.2) is 0 Å². The molecule has 0 atom stereocenters. The van der Waals surface area contributed by atoms with Gasteiger partial charge in [-0.1, -0.05) is 18.2 Å². The van der Waals surface area contributed by atoms with Crippen molar-refractivity contribution in [2.75, 3.05) is 56.1 Å². The molecule has 2 aromatic carbocycles. The lowest BCUT2D eigenvalue weighted by Gasteiger charge is -2.34. The fourth-order valence-electron chi connectivity index (χ4n) is 4.59. The zero-order chi connectivity index (χ0) is 23.1. The molecule has 5 N–H and O–H groups in total. The van der Waals surface area contributed by atoms with Gasteiger partial charge in [0.2, 0.25) is 5.95 Å². The third-order valence-electron chi connectivity index (χ3n) is 6.53. The van der Waals surface area contributed by atoms with Gasteiger partial charge in [-0.05, 0) is 54.4 Å². The molecule has 0 unspecified atom stereocenters. The van der Waals surface area contributed by atoms with Crippen molar-refractivity contribution in [1.82, 2.24) is 15.2 Å². The Labute approximate surface area is 192 Å². The zero-order valence-electron chi connectivity index (χ0n) is 18.6. The number of carbonyl (C=O) groups excluding carboxylic acids is 1. The van der Waals surface area contributed by atoms with E-state index in [0.29, 0.717) is 34.5 Å². The predicted octanol–water partition coefficient (Wildman–Crippen LogP) is 2.76. The van der Waals surface area contributed by atoms with Gasteiger partial charge in [0.25, 0.3) is 5.91 Å². The van der Waals surface area contributed by atoms with E-state index in [2.05, 4.69) is 27.1 Å². The maximum atomic E-state index is 14.9. The third-order valence-corrected chi connectivity index (χ3v) is 6.53. The number of nitrogens with one attached hydrogen (secondary N) is 1. The van der Waals surface area contributed by atoms with Gasteiger partial charge in [-0.15, -0.1) is 0 Å². The largest absolute Gasteiger partial charge is 0.397 e. The van der Waals surface area contributed by atoms with Crippen molar-refractivity contribution in [1.29, 1.82) is 0 Å². The Morgan fingerprint density at radius 1 is 0.939 bits per heavy atom. The fourth-order valence-corrected chi connectivity index (χ4v) is 4.59. The second-order valence-corrected chi connectivity index (χ2v) is 8.70. The molecule has 33 heavy (non-hydrogen) atoms. The van der Waals surface area contributed by atoms with Gasteiger partial charge in [-0.2, -0.15) is 4.39 Å². The number of amides is 1. The highest BCUT2D eigenvalue weighted by atomic mass is 19.1. The summed E-state index contributed by atoms with van der Waals surface area (Å²) in [4.78, 5) is 20.6. The van der Waals surface area contributed by atoms with E-state index in [-0.39, 0.29) is 11.7 Å². The Kier molecular flexibility index (Phi) is 5.38. The van der Waals surface area contributed by atoms with E-state index in [0.717, 1.165) is 49.4 Å². The van der Waals surface area contributed by atoms with Gasteiger partial charge in [-0.3, -0.25) is 4.79 Å². The summed E-state index contributed by atoms with van der Waals surface area (Å²) in [5.41, 5.74) is 18.1. The van der Waals surface area contributed by atoms with E-state index < -0.39 is 5.95 Å². The number of nitrogens with zero attached hydrogens (tertiary/aromatic N) is 3. The number of benzene rings is 2. The van der Waals surface area contributed by atoms with E-state index in [4.69, 9.17) is 11.5 Å². The molecule has 1 fully saturated rings. The van der Waals surface area contributed by atoms with Crippen molar-refractivity contribution in [3.63, 3.8) is 0 Å². The average Bonchev–Trinajstić information content (AvgIpc) is 2.80. The van der Waals surface area contributed by atoms with Crippen LogP contribution in [0, 0.1) is 5.95 Å². The number of halogens is 1. The van der Waals surface area contributed by atoms with Crippen molar-refractivity contribution in [2.24, 2.45) is 0 Å². The molecule has 7 nitrogen and oxygen atoms in total. The number of nitrogen functional groups attached to an aromatic ring is 2. The average molecular weight is 447 g/mol. The quantitative estimate of drug-likeness (QED) is 0.423. The Morgan fingerprint density at radius 2 is 1.67 bits per heavy atom. The summed E-state index contributed by atoms with van der Waals surface area (Å²) in [5, 5.41) is 2.84. The van der Waals surface area contributed by atoms with Gasteiger partial charge < -0.3 is 26.6 Å². The first kappa shape index (κ1) is 21.2. The van der Waals surface area contributed by atoms with E-state index in [1.54, 1.807) is 18.2 Å². The van der Waals surface area contributed by atoms with Gasteiger partial charge in [-0.25, -0.2) is 4.98 Å². The molecule has 0 radical (unpaired) electrons. The summed E-state index contributed by atoms with van der Waals surface area (Å²) in [7, 11) is 2.11. The first-order valence-electron chi connectivity index (χ1n) is 11.1. The molecule has 0 spiro atoms. The molecule has 3 heterocycles. The maximum Gasteiger partial charge on any atom is 0.251 e. The number of hydrogen-bond acceptors (Lipinski definition) is 6. The van der Waals surface area contributed by atoms with Gasteiger partial charge >= 0.3 is 0 Å². The van der Waals surface area contributed by atoms with Gasteiger partial charge in [0.05, 0.1) is 11.4 Å². The molecule has 8 heteroatoms. The molecule has 5 rings (SSSR count). The SMILES string of the molecule is CN1CCN(c2ccc(-c3cc(-c4ccc5c(c4)CCNC5=O)c(N)nc3F)cc2N)CC1. The Balaban J connectivity index is 1.51. The highest BCUT2D eigenvalue weighted by Crippen LogP contribution is 2.35. The molecule has 0 bridgehead atoms. The summed E-state index contributed by atoms with van der Waals surface area (Å²) in [6.45, 7) is 4.35. The van der Waals surface area contributed by atoms with Crippen LogP contribution >= 0.6 is 0 Å². The number of nitrogens with two attached hydrogens (primary N) is 2. The van der Waals surface area contributed by atoms with E-state index in [1.165, 1.54) is 0 Å². The minimum absolute atomic E-state index is 0.0791. The number of carbonyl (C=O) groups is 1. The smallest absolute Gasteiger partial charge is 0.251 e. The van der Waals surface area contributed by atoms with Crippen LogP contribution in [0.2, 0.25) is 0 Å². The number of hydrogen-bond donors (Lipinski definition) is 3. The lowest BCUT2D eigenvalue weighted by molar-refractivity contribution is 0.0946. The van der Waals surface area contributed by atoms with Gasteiger partial charge in [0, 0.05) is 49.4 Å². The zero-order valence-corrected chi connectivity index (χ0v) is 18.6. The Bertz CT molecular complexity index is 1240. The van der Waals surface area contributed by atoms with Crippen LogP contribution in [0.3, 0.4) is 0 Å². The number of likely N-dealkylation sites (N-methyl/N-ethyl adjacent to an activating group) is 1. The number of rotatable bonds is 3. The first-order valence-corrected chi connectivity index (χ1v) is 11.1. The van der Waals surface area contributed by atoms with Crippen LogP contribution in [-0.2, 0) is 6.42 Å². The lowest BCUT2D eigenvalue weighted by Crippen LogP contribution is -2.44. The molecule has 3 aromatic rings. The minimum atomic E-state index is -0.639. The van der Waals surface area contributed by atoms with Crippen LogP contribution in [0.5, 0.6) is 0 Å². The highest BCUT2D eigenvalue weighted by molar-refractivity contribution is 5.97. The van der Waals surface area contributed by atoms with Crippen LogP contribution in [0.1, 0.15) is 15.9 Å². The molecule has 0 aliphatic carbocycles. The van der Waals surface area contributed by atoms with Crippen molar-refractivity contribution in [2.45, 2.75) is 6.42 Å². The number of anilines is 3. The number of pyridine rings is 1. The van der Waals surface area contributed by atoms with Crippen LogP contribution in [-0.4, -0.2) is 55.6 Å². The monoisotopic (exact) mass is 446 g/mol. The standard InChI is InChI=1S/C25H27FN6O/c1-31-8-10-32(11-9-31)22-5-3-16(13-21(22)27)19-14-20(24(28)30-23(19)26)15-2-4-18-17(12-15)6-7-29-25(18)33/h2-5,12-14H,6-11,27H2,1H3,(H2,28,30)(H,29,33). The summed E-state index contributed by atoms with van der Waals surface area (Å²) in [6.07, 6.45) is 0.737. The summed E-state index contributed by atoms with van der Waals surface area (Å²) >= 11 is 0. The molecule has 1 saturated heterocycles. The lowest BCUT2D eigenvalue weighted by atomic mass is 9.94. The van der Waals surface area contributed by atoms with Crippen LogP contribution < -0.4 is 21.7 Å². The van der Waals surface area contributed by atoms with E-state index in [9.17, 15) is 9.18 Å². The predicted molar refractivity (Wildman–Crippen MR) is 130 cm³/mol. The molecule has 2 aliphatic rings. The fraction of sp³-hybridized carbons (Fsp3) is 0.280. The van der Waals surface area contributed by atoms with Crippen LogP contribution in [0.15, 0.2) is 42.5 Å². The Morgan fingerprint density at radius 3 is 2.42 bits per heavy atom. The van der Waals surface area contributed by atoms with Gasteiger partial charge in [0.1, 0.15) is 5.82 Å². The van der Waals surface area contributed by atoms with Crippen molar-refractivity contribution in [3.8, 4) is 22.3 Å². The van der Waals surface area contributed by atoms with Crippen LogP contribution in [0.4, 0.5) is 21.6 Å². The second-order valence-electron chi connectivity index (χ2n) is 8.70. The van der Waals surface area contributed by atoms with E-state index >= 15 is 0 Å². The summed E-state index contributed by atoms with van der Waals surface area (Å²) in [6, 6.07) is 12.9. The van der Waals surface area contributed by atoms with Crippen molar-refractivity contribution in [3.05, 3.63) is 59.5 Å². The molecule has 0 saturated carbocycles. The number of piperazine rings is 1. The highest BCUT2D eigenvalue weighted by Gasteiger charge is 2.20. The first-order chi connectivity index (χ1) is 15.9. The number of fused-ring (bicyclic) bond motifs is 1. The van der Waals surface area contributed by atoms with Crippen LogP contribution in [0.25, 0.3) is 22.3 Å². The minimum Gasteiger partial charge on any atom is -0.397 e. The molecule has 2 aliphatic heterocycles. The second kappa shape index (κ2) is 8.37. The molecular formula is C25H27FN6O. The summed E-state index contributed by atoms with van der Waals surface area (Å²) in [5.74, 6) is -0.608. The van der Waals surface area contributed by atoms with Crippen molar-refractivity contribution < 1.29 is 9.18 Å². The molecule has 1 aromatic heterocycles. The Hall–Kier alpha value is -3.65. The molecule has 170 valence electrons. The molecular weight excluding hydrogens is 419 g/mol. The summed E-state index contributed by atoms with van der Waals surface area (Å²) < 4.78 is 14.9. The molecule has 1 amide bonds. The normalized spacial score (nSPS) is 16.4. The third kappa shape index (κ3) is 3.98. The number of aromatic nitrogens is 1. The topological polar surface area (TPSA) is 101 Å². The van der Waals surface area contributed by atoms with Crippen molar-refractivity contribution >= 4 is 23.1 Å². The van der Waals surface area contributed by atoms with E-state index in [1.807, 2.05) is 24.3 Å².